The quantitative estimate of drug-likeness (QED) is 0.643. The van der Waals surface area contributed by atoms with E-state index >= 15 is 0 Å². The van der Waals surface area contributed by atoms with Gasteiger partial charge in [-0.1, -0.05) is 18.2 Å². The summed E-state index contributed by atoms with van der Waals surface area (Å²) in [6.45, 7) is 1.96. The molecule has 0 saturated heterocycles. The highest BCUT2D eigenvalue weighted by atomic mass is 16.5. The Morgan fingerprint density at radius 2 is 1.81 bits per heavy atom. The van der Waals surface area contributed by atoms with Crippen LogP contribution in [-0.2, 0) is 0 Å². The molecule has 0 unspecified atom stereocenters. The molecule has 0 N–H and O–H groups in total. The summed E-state index contributed by atoms with van der Waals surface area (Å²) in [6.07, 6.45) is 0.727. The van der Waals surface area contributed by atoms with E-state index in [0.717, 1.165) is 46.4 Å². The van der Waals surface area contributed by atoms with Gasteiger partial charge < -0.3 is 13.9 Å². The Balaban J connectivity index is 1.76. The average Bonchev–Trinajstić information content (AvgIpc) is 3.34. The van der Waals surface area contributed by atoms with E-state index in [1.807, 2.05) is 60.5 Å². The number of furan rings is 1. The summed E-state index contributed by atoms with van der Waals surface area (Å²) in [5.41, 5.74) is 2.95. The number of hydrogen-bond acceptors (Lipinski definition) is 5. The number of rotatable bonds is 5. The summed E-state index contributed by atoms with van der Waals surface area (Å²) in [4.78, 5) is 0. The lowest BCUT2D eigenvalue weighted by atomic mass is 10.0. The smallest absolute Gasteiger partial charge is 0.131 e. The normalized spacial score (nSPS) is 16.3. The Kier molecular flexibility index (Phi) is 4.59. The van der Waals surface area contributed by atoms with Crippen LogP contribution >= 0.6 is 0 Å². The fourth-order valence-corrected chi connectivity index (χ4v) is 3.38. The van der Waals surface area contributed by atoms with Crippen LogP contribution in [-0.4, -0.2) is 19.9 Å². The van der Waals surface area contributed by atoms with Gasteiger partial charge in [-0.05, 0) is 43.3 Å². The minimum Gasteiger partial charge on any atom is -0.497 e. The zero-order valence-corrected chi connectivity index (χ0v) is 15.7. The van der Waals surface area contributed by atoms with Gasteiger partial charge in [-0.3, -0.25) is 5.01 Å². The number of benzene rings is 2. The molecule has 5 nitrogen and oxygen atoms in total. The number of methoxy groups -OCH3 is 2. The van der Waals surface area contributed by atoms with Gasteiger partial charge in [0.05, 0.1) is 25.6 Å². The summed E-state index contributed by atoms with van der Waals surface area (Å²) >= 11 is 0. The monoisotopic (exact) mass is 362 g/mol. The molecule has 2 heterocycles. The largest absolute Gasteiger partial charge is 0.497 e. The van der Waals surface area contributed by atoms with Crippen molar-refractivity contribution < 1.29 is 13.9 Å². The Bertz CT molecular complexity index is 963. The first-order chi connectivity index (χ1) is 13.2. The number of ether oxygens (including phenoxy) is 2. The summed E-state index contributed by atoms with van der Waals surface area (Å²) < 4.78 is 16.8. The second-order valence-electron chi connectivity index (χ2n) is 6.46. The summed E-state index contributed by atoms with van der Waals surface area (Å²) in [7, 11) is 3.31. The SMILES string of the molecule is COc1ccc(C2=NN(c3ccccc3)[C@H](c3ccc(C)o3)C2)c(OC)c1. The predicted molar refractivity (Wildman–Crippen MR) is 106 cm³/mol. The lowest BCUT2D eigenvalue weighted by Crippen LogP contribution is -2.17. The molecule has 0 aliphatic carbocycles. The Hall–Kier alpha value is -3.21. The molecule has 4 rings (SSSR count). The van der Waals surface area contributed by atoms with E-state index < -0.39 is 0 Å². The molecular formula is C22H22N2O3. The number of hydrazone groups is 1. The van der Waals surface area contributed by atoms with Crippen LogP contribution in [0.2, 0.25) is 0 Å². The molecule has 2 aromatic carbocycles. The second-order valence-corrected chi connectivity index (χ2v) is 6.46. The molecule has 0 radical (unpaired) electrons. The van der Waals surface area contributed by atoms with Crippen molar-refractivity contribution in [2.75, 3.05) is 19.2 Å². The standard InChI is InChI=1S/C22H22N2O3/c1-15-9-12-21(27-15)20-14-19(23-24(20)16-7-5-4-6-8-16)18-11-10-17(25-2)13-22(18)26-3/h4-13,20H,14H2,1-3H3/t20-/m0/s1. The van der Waals surface area contributed by atoms with Crippen molar-refractivity contribution in [3.8, 4) is 11.5 Å². The van der Waals surface area contributed by atoms with Gasteiger partial charge in [0, 0.05) is 18.1 Å². The van der Waals surface area contributed by atoms with Crippen molar-refractivity contribution in [1.82, 2.24) is 0 Å². The summed E-state index contributed by atoms with van der Waals surface area (Å²) in [5.74, 6) is 3.31. The minimum absolute atomic E-state index is 0.00269. The lowest BCUT2D eigenvalue weighted by Gasteiger charge is -2.21. The maximum absolute atomic E-state index is 5.93. The molecule has 5 heteroatoms. The van der Waals surface area contributed by atoms with Gasteiger partial charge >= 0.3 is 0 Å². The third kappa shape index (κ3) is 3.28. The molecule has 0 spiro atoms. The molecule has 1 aromatic heterocycles. The van der Waals surface area contributed by atoms with Crippen molar-refractivity contribution in [3.05, 3.63) is 77.7 Å². The number of hydrogen-bond donors (Lipinski definition) is 0. The van der Waals surface area contributed by atoms with E-state index in [1.54, 1.807) is 14.2 Å². The predicted octanol–water partition coefficient (Wildman–Crippen LogP) is 4.96. The van der Waals surface area contributed by atoms with Gasteiger partial charge in [-0.25, -0.2) is 0 Å². The maximum Gasteiger partial charge on any atom is 0.131 e. The Morgan fingerprint density at radius 3 is 2.48 bits per heavy atom. The van der Waals surface area contributed by atoms with Gasteiger partial charge in [0.2, 0.25) is 0 Å². The first kappa shape index (κ1) is 17.2. The molecule has 0 bridgehead atoms. The highest BCUT2D eigenvalue weighted by molar-refractivity contribution is 6.05. The average molecular weight is 362 g/mol. The van der Waals surface area contributed by atoms with E-state index in [0.29, 0.717) is 0 Å². The van der Waals surface area contributed by atoms with E-state index in [2.05, 4.69) is 12.1 Å². The van der Waals surface area contributed by atoms with Gasteiger partial charge in [0.15, 0.2) is 0 Å². The van der Waals surface area contributed by atoms with Crippen LogP contribution in [0.15, 0.2) is 70.2 Å². The van der Waals surface area contributed by atoms with Gasteiger partial charge in [0.1, 0.15) is 29.1 Å². The molecule has 0 saturated carbocycles. The van der Waals surface area contributed by atoms with Crippen LogP contribution in [0.4, 0.5) is 5.69 Å². The molecular weight excluding hydrogens is 340 g/mol. The van der Waals surface area contributed by atoms with E-state index in [9.17, 15) is 0 Å². The summed E-state index contributed by atoms with van der Waals surface area (Å²) in [5, 5.41) is 6.95. The van der Waals surface area contributed by atoms with E-state index in [-0.39, 0.29) is 6.04 Å². The highest BCUT2D eigenvalue weighted by Crippen LogP contribution is 2.39. The molecule has 3 aromatic rings. The molecule has 27 heavy (non-hydrogen) atoms. The Labute approximate surface area is 158 Å². The van der Waals surface area contributed by atoms with Crippen LogP contribution in [0, 0.1) is 6.92 Å². The number of aryl methyl sites for hydroxylation is 1. The van der Waals surface area contributed by atoms with Crippen LogP contribution in [0.5, 0.6) is 11.5 Å². The third-order valence-corrected chi connectivity index (χ3v) is 4.74. The van der Waals surface area contributed by atoms with E-state index in [4.69, 9.17) is 19.0 Å². The van der Waals surface area contributed by atoms with E-state index in [1.165, 1.54) is 0 Å². The van der Waals surface area contributed by atoms with Crippen LogP contribution in [0.25, 0.3) is 0 Å². The van der Waals surface area contributed by atoms with Crippen molar-refractivity contribution in [1.29, 1.82) is 0 Å². The first-order valence-corrected chi connectivity index (χ1v) is 8.90. The van der Waals surface area contributed by atoms with Crippen molar-refractivity contribution in [2.45, 2.75) is 19.4 Å². The summed E-state index contributed by atoms with van der Waals surface area (Å²) in [6, 6.07) is 20.0. The zero-order chi connectivity index (χ0) is 18.8. The van der Waals surface area contributed by atoms with Crippen LogP contribution in [0.3, 0.4) is 0 Å². The molecule has 138 valence electrons. The highest BCUT2D eigenvalue weighted by Gasteiger charge is 2.33. The van der Waals surface area contributed by atoms with Gasteiger partial charge in [-0.15, -0.1) is 0 Å². The Morgan fingerprint density at radius 1 is 1.00 bits per heavy atom. The lowest BCUT2D eigenvalue weighted by molar-refractivity contribution is 0.393. The first-order valence-electron chi connectivity index (χ1n) is 8.90. The topological polar surface area (TPSA) is 47.2 Å². The fraction of sp³-hybridized carbons (Fsp3) is 0.227. The molecule has 0 amide bonds. The third-order valence-electron chi connectivity index (χ3n) is 4.74. The second kappa shape index (κ2) is 7.19. The van der Waals surface area contributed by atoms with Gasteiger partial charge in [0.25, 0.3) is 0 Å². The maximum atomic E-state index is 5.93. The number of anilines is 1. The minimum atomic E-state index is 0.00269. The molecule has 1 aliphatic heterocycles. The number of para-hydroxylation sites is 1. The number of nitrogens with zero attached hydrogens (tertiary/aromatic N) is 2. The van der Waals surface area contributed by atoms with Crippen molar-refractivity contribution >= 4 is 11.4 Å². The van der Waals surface area contributed by atoms with Crippen molar-refractivity contribution in [3.63, 3.8) is 0 Å². The van der Waals surface area contributed by atoms with Crippen LogP contribution < -0.4 is 14.5 Å². The van der Waals surface area contributed by atoms with Crippen LogP contribution in [0.1, 0.15) is 29.5 Å². The zero-order valence-electron chi connectivity index (χ0n) is 15.7. The molecule has 1 aliphatic rings. The molecule has 0 fully saturated rings. The van der Waals surface area contributed by atoms with Gasteiger partial charge in [-0.2, -0.15) is 5.10 Å². The van der Waals surface area contributed by atoms with Crippen molar-refractivity contribution in [2.24, 2.45) is 5.10 Å². The fourth-order valence-electron chi connectivity index (χ4n) is 3.38. The molecule has 1 atom stereocenters.